The summed E-state index contributed by atoms with van der Waals surface area (Å²) in [5.41, 5.74) is 1.47. The molecule has 1 unspecified atom stereocenters. The Labute approximate surface area is 90.1 Å². The summed E-state index contributed by atoms with van der Waals surface area (Å²) in [6.45, 7) is 4.88. The van der Waals surface area contributed by atoms with Gasteiger partial charge in [-0.2, -0.15) is 0 Å². The average Bonchev–Trinajstić information content (AvgIpc) is 2.63. The van der Waals surface area contributed by atoms with Gasteiger partial charge in [0.25, 0.3) is 5.91 Å². The second-order valence-corrected chi connectivity index (χ2v) is 4.15. The highest BCUT2D eigenvalue weighted by Crippen LogP contribution is 2.18. The quantitative estimate of drug-likeness (QED) is 0.701. The van der Waals surface area contributed by atoms with Gasteiger partial charge in [-0.05, 0) is 38.8 Å². The Morgan fingerprint density at radius 2 is 2.33 bits per heavy atom. The average molecular weight is 204 g/mol. The molecular formula is C12H16N2O. The Bertz CT molecular complexity index is 376. The summed E-state index contributed by atoms with van der Waals surface area (Å²) >= 11 is 0. The van der Waals surface area contributed by atoms with Crippen molar-refractivity contribution in [1.29, 1.82) is 0 Å². The first-order valence-electron chi connectivity index (χ1n) is 5.43. The number of hydrogen-bond acceptors (Lipinski definition) is 2. The highest BCUT2D eigenvalue weighted by atomic mass is 16.2. The van der Waals surface area contributed by atoms with Crippen LogP contribution in [-0.4, -0.2) is 28.4 Å². The standard InChI is InChI=1S/C12H16N2O/c1-9-5-3-7-11(13-9)12(15)14-8-4-6-10(14)2/h3,5,7,10H,4,6,8H2,1-2H3. The third kappa shape index (κ3) is 2.01. The van der Waals surface area contributed by atoms with Crippen LogP contribution < -0.4 is 0 Å². The molecule has 0 radical (unpaired) electrons. The van der Waals surface area contributed by atoms with Crippen molar-refractivity contribution in [1.82, 2.24) is 9.88 Å². The van der Waals surface area contributed by atoms with E-state index in [0.29, 0.717) is 11.7 Å². The number of rotatable bonds is 1. The van der Waals surface area contributed by atoms with E-state index in [2.05, 4.69) is 11.9 Å². The molecule has 3 heteroatoms. The van der Waals surface area contributed by atoms with E-state index in [1.165, 1.54) is 0 Å². The summed E-state index contributed by atoms with van der Waals surface area (Å²) in [6.07, 6.45) is 2.22. The van der Waals surface area contributed by atoms with E-state index in [-0.39, 0.29) is 5.91 Å². The fourth-order valence-electron chi connectivity index (χ4n) is 2.04. The Morgan fingerprint density at radius 1 is 1.53 bits per heavy atom. The maximum atomic E-state index is 12.1. The molecule has 1 fully saturated rings. The Kier molecular flexibility index (Phi) is 2.71. The Balaban J connectivity index is 2.20. The molecule has 3 nitrogen and oxygen atoms in total. The number of aromatic nitrogens is 1. The fourth-order valence-corrected chi connectivity index (χ4v) is 2.04. The van der Waals surface area contributed by atoms with Crippen LogP contribution in [0, 0.1) is 6.92 Å². The van der Waals surface area contributed by atoms with E-state index in [1.54, 1.807) is 6.07 Å². The SMILES string of the molecule is Cc1cccc(C(=O)N2CCCC2C)n1. The predicted molar refractivity (Wildman–Crippen MR) is 58.7 cm³/mol. The van der Waals surface area contributed by atoms with E-state index in [9.17, 15) is 4.79 Å². The van der Waals surface area contributed by atoms with Gasteiger partial charge in [-0.15, -0.1) is 0 Å². The summed E-state index contributed by atoms with van der Waals surface area (Å²) in [5.74, 6) is 0.0729. The van der Waals surface area contributed by atoms with E-state index >= 15 is 0 Å². The maximum Gasteiger partial charge on any atom is 0.272 e. The lowest BCUT2D eigenvalue weighted by Gasteiger charge is -2.20. The second-order valence-electron chi connectivity index (χ2n) is 4.15. The molecule has 15 heavy (non-hydrogen) atoms. The number of amides is 1. The molecule has 1 aliphatic heterocycles. The third-order valence-corrected chi connectivity index (χ3v) is 2.92. The molecule has 0 aliphatic carbocycles. The predicted octanol–water partition coefficient (Wildman–Crippen LogP) is 2.01. The molecular weight excluding hydrogens is 188 g/mol. The molecule has 2 rings (SSSR count). The minimum absolute atomic E-state index is 0.0729. The molecule has 1 atom stereocenters. The van der Waals surface area contributed by atoms with Crippen LogP contribution in [0.15, 0.2) is 18.2 Å². The zero-order valence-electron chi connectivity index (χ0n) is 9.23. The van der Waals surface area contributed by atoms with Crippen molar-refractivity contribution in [2.45, 2.75) is 32.7 Å². The van der Waals surface area contributed by atoms with Crippen molar-refractivity contribution in [3.63, 3.8) is 0 Å². The minimum atomic E-state index is 0.0729. The van der Waals surface area contributed by atoms with Gasteiger partial charge in [0.1, 0.15) is 5.69 Å². The normalized spacial score (nSPS) is 20.7. The lowest BCUT2D eigenvalue weighted by Crippen LogP contribution is -2.34. The molecule has 0 aromatic carbocycles. The Morgan fingerprint density at radius 3 is 2.93 bits per heavy atom. The van der Waals surface area contributed by atoms with Crippen molar-refractivity contribution in [2.75, 3.05) is 6.54 Å². The van der Waals surface area contributed by atoms with Gasteiger partial charge >= 0.3 is 0 Å². The van der Waals surface area contributed by atoms with Gasteiger partial charge in [0.15, 0.2) is 0 Å². The van der Waals surface area contributed by atoms with E-state index in [0.717, 1.165) is 25.1 Å². The molecule has 0 saturated carbocycles. The van der Waals surface area contributed by atoms with Gasteiger partial charge in [-0.1, -0.05) is 6.07 Å². The van der Waals surface area contributed by atoms with Crippen molar-refractivity contribution in [3.05, 3.63) is 29.6 Å². The molecule has 1 amide bonds. The van der Waals surface area contributed by atoms with E-state index in [4.69, 9.17) is 0 Å². The summed E-state index contributed by atoms with van der Waals surface area (Å²) in [7, 11) is 0. The van der Waals surface area contributed by atoms with Gasteiger partial charge in [0.05, 0.1) is 0 Å². The lowest BCUT2D eigenvalue weighted by molar-refractivity contribution is 0.0741. The second kappa shape index (κ2) is 4.01. The van der Waals surface area contributed by atoms with Crippen molar-refractivity contribution < 1.29 is 4.79 Å². The van der Waals surface area contributed by atoms with Crippen LogP contribution >= 0.6 is 0 Å². The van der Waals surface area contributed by atoms with Crippen LogP contribution in [0.25, 0.3) is 0 Å². The first-order chi connectivity index (χ1) is 7.18. The largest absolute Gasteiger partial charge is 0.335 e. The summed E-state index contributed by atoms with van der Waals surface area (Å²) < 4.78 is 0. The molecule has 1 aromatic heterocycles. The summed E-state index contributed by atoms with van der Waals surface area (Å²) in [4.78, 5) is 18.3. The minimum Gasteiger partial charge on any atom is -0.335 e. The molecule has 1 saturated heterocycles. The van der Waals surface area contributed by atoms with E-state index in [1.807, 2.05) is 24.0 Å². The van der Waals surface area contributed by atoms with Crippen molar-refractivity contribution >= 4 is 5.91 Å². The van der Waals surface area contributed by atoms with Crippen LogP contribution in [0.3, 0.4) is 0 Å². The molecule has 1 aromatic rings. The summed E-state index contributed by atoms with van der Waals surface area (Å²) in [6, 6.07) is 5.95. The fraction of sp³-hybridized carbons (Fsp3) is 0.500. The van der Waals surface area contributed by atoms with Crippen LogP contribution in [0.5, 0.6) is 0 Å². The maximum absolute atomic E-state index is 12.1. The van der Waals surface area contributed by atoms with E-state index < -0.39 is 0 Å². The first kappa shape index (κ1) is 10.1. The molecule has 2 heterocycles. The van der Waals surface area contributed by atoms with Gasteiger partial charge in [-0.25, -0.2) is 4.98 Å². The number of carbonyl (C=O) groups is 1. The topological polar surface area (TPSA) is 33.2 Å². The van der Waals surface area contributed by atoms with Crippen molar-refractivity contribution in [3.8, 4) is 0 Å². The van der Waals surface area contributed by atoms with Gasteiger partial charge < -0.3 is 4.90 Å². The number of aryl methyl sites for hydroxylation is 1. The van der Waals surface area contributed by atoms with Gasteiger partial charge in [-0.3, -0.25) is 4.79 Å². The molecule has 0 N–H and O–H groups in total. The summed E-state index contributed by atoms with van der Waals surface area (Å²) in [5, 5.41) is 0. The number of nitrogens with zero attached hydrogens (tertiary/aromatic N) is 2. The molecule has 1 aliphatic rings. The zero-order valence-corrected chi connectivity index (χ0v) is 9.23. The van der Waals surface area contributed by atoms with Gasteiger partial charge in [0, 0.05) is 18.3 Å². The number of likely N-dealkylation sites (tertiary alicyclic amines) is 1. The zero-order chi connectivity index (χ0) is 10.8. The lowest BCUT2D eigenvalue weighted by atomic mass is 10.2. The number of carbonyl (C=O) groups excluding carboxylic acids is 1. The smallest absolute Gasteiger partial charge is 0.272 e. The molecule has 80 valence electrons. The monoisotopic (exact) mass is 204 g/mol. The van der Waals surface area contributed by atoms with Gasteiger partial charge in [0.2, 0.25) is 0 Å². The first-order valence-corrected chi connectivity index (χ1v) is 5.43. The highest BCUT2D eigenvalue weighted by Gasteiger charge is 2.26. The third-order valence-electron chi connectivity index (χ3n) is 2.92. The van der Waals surface area contributed by atoms with Crippen LogP contribution in [0.4, 0.5) is 0 Å². The van der Waals surface area contributed by atoms with Crippen LogP contribution in [0.2, 0.25) is 0 Å². The van der Waals surface area contributed by atoms with Crippen LogP contribution in [-0.2, 0) is 0 Å². The van der Waals surface area contributed by atoms with Crippen LogP contribution in [0.1, 0.15) is 35.9 Å². The number of pyridine rings is 1. The molecule has 0 bridgehead atoms. The molecule has 0 spiro atoms. The Hall–Kier alpha value is -1.38. The highest BCUT2D eigenvalue weighted by molar-refractivity contribution is 5.92. The number of hydrogen-bond donors (Lipinski definition) is 0. The van der Waals surface area contributed by atoms with Crippen molar-refractivity contribution in [2.24, 2.45) is 0 Å².